The van der Waals surface area contributed by atoms with Gasteiger partial charge in [-0.1, -0.05) is 19.4 Å². The standard InChI is InChI=1S/C25H30N8OS/c1-5-7-17-12-20(13-18-16-33(2)11-10-21(17)18)28-25-27-15-19(14-26)24(31-25)30-22-8-6-9-23(29-22)32-35(3,4)34/h6,8-9,12-13,15H,5,7,10-11,16H2,1-4H3,(H2,27,28,29,30,31). The van der Waals surface area contributed by atoms with Crippen LogP contribution in [0.25, 0.3) is 0 Å². The van der Waals surface area contributed by atoms with Crippen LogP contribution in [0.15, 0.2) is 40.9 Å². The van der Waals surface area contributed by atoms with Crippen molar-refractivity contribution in [3.8, 4) is 6.07 Å². The first-order valence-corrected chi connectivity index (χ1v) is 13.9. The van der Waals surface area contributed by atoms with Gasteiger partial charge in [-0.2, -0.15) is 14.6 Å². The van der Waals surface area contributed by atoms with Crippen molar-refractivity contribution in [3.63, 3.8) is 0 Å². The molecular weight excluding hydrogens is 460 g/mol. The van der Waals surface area contributed by atoms with Gasteiger partial charge in [0.25, 0.3) is 0 Å². The Kier molecular flexibility index (Phi) is 7.28. The van der Waals surface area contributed by atoms with Crippen LogP contribution in [0.2, 0.25) is 0 Å². The first-order valence-electron chi connectivity index (χ1n) is 11.5. The number of nitrogens with one attached hydrogen (secondary N) is 2. The molecule has 0 fully saturated rings. The Labute approximate surface area is 206 Å². The summed E-state index contributed by atoms with van der Waals surface area (Å²) in [4.78, 5) is 15.6. The Morgan fingerprint density at radius 1 is 1.23 bits per heavy atom. The fourth-order valence-corrected chi connectivity index (χ4v) is 4.69. The predicted molar refractivity (Wildman–Crippen MR) is 140 cm³/mol. The Morgan fingerprint density at radius 2 is 2.06 bits per heavy atom. The summed E-state index contributed by atoms with van der Waals surface area (Å²) in [6, 6.07) is 11.6. The van der Waals surface area contributed by atoms with Crippen LogP contribution in [0.5, 0.6) is 0 Å². The van der Waals surface area contributed by atoms with E-state index in [4.69, 9.17) is 0 Å². The lowest BCUT2D eigenvalue weighted by atomic mass is 9.92. The molecule has 4 rings (SSSR count). The molecule has 0 saturated carbocycles. The highest BCUT2D eigenvalue weighted by atomic mass is 32.2. The third-order valence-electron chi connectivity index (χ3n) is 5.60. The topological polar surface area (TPSA) is 119 Å². The Balaban J connectivity index is 1.63. The van der Waals surface area contributed by atoms with Gasteiger partial charge in [-0.3, -0.25) is 0 Å². The average Bonchev–Trinajstić information content (AvgIpc) is 2.78. The molecule has 0 unspecified atom stereocenters. The van der Waals surface area contributed by atoms with E-state index in [2.05, 4.69) is 67.0 Å². The van der Waals surface area contributed by atoms with Crippen molar-refractivity contribution in [2.45, 2.75) is 32.7 Å². The SMILES string of the molecule is CCCc1cc(Nc2ncc(C#N)c(Nc3cccc(N=S(C)(C)=O)n3)n2)cc2c1CCN(C)C2. The van der Waals surface area contributed by atoms with Gasteiger partial charge in [0.2, 0.25) is 5.95 Å². The number of benzene rings is 1. The zero-order valence-corrected chi connectivity index (χ0v) is 21.3. The quantitative estimate of drug-likeness (QED) is 0.496. The smallest absolute Gasteiger partial charge is 0.229 e. The summed E-state index contributed by atoms with van der Waals surface area (Å²) in [6.45, 7) is 4.18. The third kappa shape index (κ3) is 6.32. The fraction of sp³-hybridized carbons (Fsp3) is 0.360. The Bertz CT molecular complexity index is 1380. The minimum Gasteiger partial charge on any atom is -0.324 e. The number of aromatic nitrogens is 3. The van der Waals surface area contributed by atoms with Crippen molar-refractivity contribution >= 4 is 38.8 Å². The number of likely N-dealkylation sites (N-methyl/N-ethyl adjacent to an activating group) is 1. The Hall–Kier alpha value is -3.55. The first-order chi connectivity index (χ1) is 16.7. The number of pyridine rings is 1. The summed E-state index contributed by atoms with van der Waals surface area (Å²) in [6.07, 6.45) is 7.75. The predicted octanol–water partition coefficient (Wildman–Crippen LogP) is 4.53. The van der Waals surface area contributed by atoms with E-state index in [9.17, 15) is 9.47 Å². The average molecular weight is 491 g/mol. The molecule has 0 saturated heterocycles. The maximum Gasteiger partial charge on any atom is 0.229 e. The number of nitriles is 1. The molecule has 0 spiro atoms. The Morgan fingerprint density at radius 3 is 2.80 bits per heavy atom. The van der Waals surface area contributed by atoms with Gasteiger partial charge in [0.1, 0.15) is 17.5 Å². The molecule has 3 heterocycles. The highest BCUT2D eigenvalue weighted by Crippen LogP contribution is 2.29. The van der Waals surface area contributed by atoms with Gasteiger partial charge in [-0.15, -0.1) is 0 Å². The highest BCUT2D eigenvalue weighted by Gasteiger charge is 2.18. The van der Waals surface area contributed by atoms with E-state index in [-0.39, 0.29) is 5.56 Å². The summed E-state index contributed by atoms with van der Waals surface area (Å²) in [7, 11) is -0.206. The van der Waals surface area contributed by atoms with Crippen LogP contribution >= 0.6 is 0 Å². The summed E-state index contributed by atoms with van der Waals surface area (Å²) in [5.74, 6) is 1.50. The second-order valence-electron chi connectivity index (χ2n) is 8.98. The van der Waals surface area contributed by atoms with Crippen LogP contribution in [-0.2, 0) is 29.1 Å². The molecular formula is C25H30N8OS. The normalized spacial score (nSPS) is 13.6. The van der Waals surface area contributed by atoms with E-state index in [1.54, 1.807) is 30.7 Å². The highest BCUT2D eigenvalue weighted by molar-refractivity contribution is 7.92. The van der Waals surface area contributed by atoms with Crippen molar-refractivity contribution in [1.29, 1.82) is 5.26 Å². The number of hydrogen-bond donors (Lipinski definition) is 2. The molecule has 3 aromatic rings. The lowest BCUT2D eigenvalue weighted by molar-refractivity contribution is 0.312. The number of anilines is 4. The van der Waals surface area contributed by atoms with Crippen molar-refractivity contribution in [2.75, 3.05) is 36.7 Å². The molecule has 0 aliphatic carbocycles. The fourth-order valence-electron chi connectivity index (χ4n) is 4.14. The number of nitrogens with zero attached hydrogens (tertiary/aromatic N) is 6. The number of aryl methyl sites for hydroxylation is 1. The molecule has 0 amide bonds. The van der Waals surface area contributed by atoms with Crippen molar-refractivity contribution in [2.24, 2.45) is 4.36 Å². The lowest BCUT2D eigenvalue weighted by Crippen LogP contribution is -2.27. The van der Waals surface area contributed by atoms with E-state index < -0.39 is 9.73 Å². The van der Waals surface area contributed by atoms with E-state index in [0.29, 0.717) is 23.4 Å². The van der Waals surface area contributed by atoms with Crippen molar-refractivity contribution < 1.29 is 4.21 Å². The largest absolute Gasteiger partial charge is 0.324 e. The lowest BCUT2D eigenvalue weighted by Gasteiger charge is -2.27. The third-order valence-corrected chi connectivity index (χ3v) is 6.22. The molecule has 1 aliphatic heterocycles. The summed E-state index contributed by atoms with van der Waals surface area (Å²) in [5, 5.41) is 16.0. The zero-order chi connectivity index (χ0) is 25.0. The first kappa shape index (κ1) is 24.6. The van der Waals surface area contributed by atoms with E-state index in [0.717, 1.165) is 38.0 Å². The summed E-state index contributed by atoms with van der Waals surface area (Å²) < 4.78 is 16.2. The van der Waals surface area contributed by atoms with Gasteiger partial charge in [0.05, 0.1) is 6.20 Å². The minimum absolute atomic E-state index is 0.285. The molecule has 182 valence electrons. The minimum atomic E-state index is -2.35. The van der Waals surface area contributed by atoms with Crippen LogP contribution in [0, 0.1) is 11.3 Å². The number of hydrogen-bond acceptors (Lipinski definition) is 9. The van der Waals surface area contributed by atoms with Gasteiger partial charge in [0.15, 0.2) is 11.6 Å². The van der Waals surface area contributed by atoms with Crippen LogP contribution in [0.3, 0.4) is 0 Å². The number of fused-ring (bicyclic) bond motifs is 1. The van der Waals surface area contributed by atoms with E-state index >= 15 is 0 Å². The van der Waals surface area contributed by atoms with Crippen molar-refractivity contribution in [3.05, 3.63) is 58.8 Å². The second-order valence-corrected chi connectivity index (χ2v) is 11.5. The molecule has 1 aliphatic rings. The van der Waals surface area contributed by atoms with Crippen molar-refractivity contribution in [1.82, 2.24) is 19.9 Å². The van der Waals surface area contributed by atoms with Gasteiger partial charge < -0.3 is 15.5 Å². The molecule has 0 bridgehead atoms. The van der Waals surface area contributed by atoms with Crippen LogP contribution in [0.4, 0.5) is 29.1 Å². The van der Waals surface area contributed by atoms with Gasteiger partial charge >= 0.3 is 0 Å². The van der Waals surface area contributed by atoms with Gasteiger partial charge in [-0.05, 0) is 60.8 Å². The second kappa shape index (κ2) is 10.4. The van der Waals surface area contributed by atoms with Gasteiger partial charge in [0, 0.05) is 41.0 Å². The molecule has 2 N–H and O–H groups in total. The molecule has 2 aromatic heterocycles. The molecule has 35 heavy (non-hydrogen) atoms. The molecule has 9 nitrogen and oxygen atoms in total. The monoisotopic (exact) mass is 490 g/mol. The summed E-state index contributed by atoms with van der Waals surface area (Å²) >= 11 is 0. The van der Waals surface area contributed by atoms with E-state index in [1.165, 1.54) is 22.9 Å². The maximum absolute atomic E-state index is 12.0. The molecule has 1 aromatic carbocycles. The number of rotatable bonds is 7. The molecule has 0 radical (unpaired) electrons. The van der Waals surface area contributed by atoms with Crippen LogP contribution in [0.1, 0.15) is 35.6 Å². The summed E-state index contributed by atoms with van der Waals surface area (Å²) in [5.41, 5.74) is 5.36. The van der Waals surface area contributed by atoms with E-state index in [1.807, 2.05) is 0 Å². The zero-order valence-electron chi connectivity index (χ0n) is 20.5. The van der Waals surface area contributed by atoms with Gasteiger partial charge in [-0.25, -0.2) is 14.2 Å². The maximum atomic E-state index is 12.0. The molecule has 0 atom stereocenters. The van der Waals surface area contributed by atoms with Crippen LogP contribution < -0.4 is 10.6 Å². The van der Waals surface area contributed by atoms with Crippen LogP contribution in [-0.4, -0.2) is 50.2 Å². The molecule has 10 heteroatoms.